The van der Waals surface area contributed by atoms with E-state index in [1.54, 1.807) is 7.11 Å². The van der Waals surface area contributed by atoms with E-state index in [4.69, 9.17) is 15.9 Å². The molecule has 0 radical (unpaired) electrons. The first-order chi connectivity index (χ1) is 8.49. The lowest BCUT2D eigenvalue weighted by molar-refractivity contribution is 0.224. The largest absolute Gasteiger partial charge is 0.496 e. The van der Waals surface area contributed by atoms with Crippen LogP contribution in [0.1, 0.15) is 31.9 Å². The van der Waals surface area contributed by atoms with Crippen LogP contribution in [0.25, 0.3) is 0 Å². The lowest BCUT2D eigenvalue weighted by Gasteiger charge is -2.25. The molecule has 4 nitrogen and oxygen atoms in total. The summed E-state index contributed by atoms with van der Waals surface area (Å²) in [4.78, 5) is 2.36. The molecule has 0 saturated carbocycles. The topological polar surface area (TPSA) is 62.3 Å². The summed E-state index contributed by atoms with van der Waals surface area (Å²) < 4.78 is 5.28. The second-order valence-electron chi connectivity index (χ2n) is 4.61. The Balaban J connectivity index is 2.95. The first-order valence-corrected chi connectivity index (χ1v) is 6.25. The number of rotatable bonds is 6. The molecule has 0 unspecified atom stereocenters. The number of ether oxygens (including phenoxy) is 1. The molecular formula is C14H23N3O. The van der Waals surface area contributed by atoms with E-state index in [9.17, 15) is 0 Å². The maximum absolute atomic E-state index is 7.48. The minimum absolute atomic E-state index is 0.0367. The van der Waals surface area contributed by atoms with Gasteiger partial charge in [-0.1, -0.05) is 13.0 Å². The van der Waals surface area contributed by atoms with E-state index in [1.165, 1.54) is 5.56 Å². The molecule has 0 saturated heterocycles. The standard InChI is InChI=1S/C14H23N3O/c1-5-17(10(2)3)9-11-6-7-12(14(15)16)13(8-11)18-4/h6-8,10H,5,9H2,1-4H3,(H3,15,16). The number of nitrogens with one attached hydrogen (secondary N) is 1. The summed E-state index contributed by atoms with van der Waals surface area (Å²) in [6.45, 7) is 8.41. The smallest absolute Gasteiger partial charge is 0.130 e. The average molecular weight is 249 g/mol. The van der Waals surface area contributed by atoms with Crippen molar-refractivity contribution >= 4 is 5.84 Å². The SMILES string of the molecule is CCN(Cc1ccc(C(=N)N)c(OC)c1)C(C)C. The van der Waals surface area contributed by atoms with Gasteiger partial charge in [-0.05, 0) is 38.1 Å². The Hall–Kier alpha value is -1.55. The molecule has 0 aliphatic rings. The molecule has 0 aliphatic heterocycles. The van der Waals surface area contributed by atoms with Gasteiger partial charge >= 0.3 is 0 Å². The van der Waals surface area contributed by atoms with Crippen molar-refractivity contribution in [3.8, 4) is 5.75 Å². The van der Waals surface area contributed by atoms with E-state index in [1.807, 2.05) is 18.2 Å². The quantitative estimate of drug-likeness (QED) is 0.600. The molecule has 1 aromatic rings. The second kappa shape index (κ2) is 6.40. The second-order valence-corrected chi connectivity index (χ2v) is 4.61. The molecule has 0 heterocycles. The normalized spacial score (nSPS) is 11.0. The molecule has 18 heavy (non-hydrogen) atoms. The van der Waals surface area contributed by atoms with Gasteiger partial charge in [0.25, 0.3) is 0 Å². The lowest BCUT2D eigenvalue weighted by Crippen LogP contribution is -2.30. The van der Waals surface area contributed by atoms with E-state index in [-0.39, 0.29) is 5.84 Å². The number of nitrogens with zero attached hydrogens (tertiary/aromatic N) is 1. The first-order valence-electron chi connectivity index (χ1n) is 6.25. The minimum atomic E-state index is 0.0367. The Bertz CT molecular complexity index is 416. The fraction of sp³-hybridized carbons (Fsp3) is 0.500. The van der Waals surface area contributed by atoms with Gasteiger partial charge in [-0.25, -0.2) is 0 Å². The predicted octanol–water partition coefficient (Wildman–Crippen LogP) is 2.21. The maximum atomic E-state index is 7.48. The monoisotopic (exact) mass is 249 g/mol. The van der Waals surface area contributed by atoms with Crippen molar-refractivity contribution in [1.82, 2.24) is 4.90 Å². The molecule has 100 valence electrons. The molecule has 3 N–H and O–H groups in total. The van der Waals surface area contributed by atoms with Crippen LogP contribution in [-0.4, -0.2) is 30.4 Å². The van der Waals surface area contributed by atoms with E-state index >= 15 is 0 Å². The van der Waals surface area contributed by atoms with E-state index < -0.39 is 0 Å². The van der Waals surface area contributed by atoms with Crippen molar-refractivity contribution < 1.29 is 4.74 Å². The van der Waals surface area contributed by atoms with E-state index in [2.05, 4.69) is 25.7 Å². The molecule has 1 rings (SSSR count). The molecule has 0 aliphatic carbocycles. The zero-order chi connectivity index (χ0) is 13.7. The number of nitrogens with two attached hydrogens (primary N) is 1. The van der Waals surface area contributed by atoms with Gasteiger partial charge < -0.3 is 10.5 Å². The first kappa shape index (κ1) is 14.5. The zero-order valence-electron chi connectivity index (χ0n) is 11.7. The third-order valence-corrected chi connectivity index (χ3v) is 3.08. The van der Waals surface area contributed by atoms with Gasteiger partial charge in [0.05, 0.1) is 12.7 Å². The Morgan fingerprint density at radius 1 is 1.44 bits per heavy atom. The molecule has 0 bridgehead atoms. The molecule has 1 aromatic carbocycles. The van der Waals surface area contributed by atoms with Gasteiger partial charge in [0, 0.05) is 12.6 Å². The Labute approximate surface area is 109 Å². The van der Waals surface area contributed by atoms with Crippen LogP contribution in [0, 0.1) is 5.41 Å². The van der Waals surface area contributed by atoms with Crippen molar-refractivity contribution in [3.63, 3.8) is 0 Å². The molecule has 4 heteroatoms. The fourth-order valence-electron chi connectivity index (χ4n) is 1.95. The number of benzene rings is 1. The van der Waals surface area contributed by atoms with Crippen molar-refractivity contribution in [2.45, 2.75) is 33.4 Å². The maximum Gasteiger partial charge on any atom is 0.130 e. The van der Waals surface area contributed by atoms with Crippen LogP contribution in [0.3, 0.4) is 0 Å². The number of hydrogen-bond acceptors (Lipinski definition) is 3. The highest BCUT2D eigenvalue weighted by molar-refractivity contribution is 5.97. The third-order valence-electron chi connectivity index (χ3n) is 3.08. The summed E-state index contributed by atoms with van der Waals surface area (Å²) in [5, 5.41) is 7.48. The van der Waals surface area contributed by atoms with Crippen LogP contribution >= 0.6 is 0 Å². The van der Waals surface area contributed by atoms with Crippen molar-refractivity contribution in [2.24, 2.45) is 5.73 Å². The number of hydrogen-bond donors (Lipinski definition) is 2. The minimum Gasteiger partial charge on any atom is -0.496 e. The van der Waals surface area contributed by atoms with Gasteiger partial charge in [-0.2, -0.15) is 0 Å². The molecule has 0 atom stereocenters. The van der Waals surface area contributed by atoms with Gasteiger partial charge in [0.2, 0.25) is 0 Å². The highest BCUT2D eigenvalue weighted by Gasteiger charge is 2.11. The highest BCUT2D eigenvalue weighted by atomic mass is 16.5. The Morgan fingerprint density at radius 2 is 2.11 bits per heavy atom. The summed E-state index contributed by atoms with van der Waals surface area (Å²) in [5.41, 5.74) is 7.33. The van der Waals surface area contributed by atoms with Gasteiger partial charge in [0.1, 0.15) is 11.6 Å². The number of amidine groups is 1. The molecular weight excluding hydrogens is 226 g/mol. The predicted molar refractivity (Wildman–Crippen MR) is 75.2 cm³/mol. The lowest BCUT2D eigenvalue weighted by atomic mass is 10.1. The number of methoxy groups -OCH3 is 1. The molecule has 0 aromatic heterocycles. The van der Waals surface area contributed by atoms with Gasteiger partial charge in [-0.15, -0.1) is 0 Å². The van der Waals surface area contributed by atoms with E-state index in [0.29, 0.717) is 17.4 Å². The van der Waals surface area contributed by atoms with Crippen LogP contribution in [0.2, 0.25) is 0 Å². The Kier molecular flexibility index (Phi) is 5.16. The van der Waals surface area contributed by atoms with Crippen molar-refractivity contribution in [2.75, 3.05) is 13.7 Å². The highest BCUT2D eigenvalue weighted by Crippen LogP contribution is 2.21. The van der Waals surface area contributed by atoms with Crippen molar-refractivity contribution in [1.29, 1.82) is 5.41 Å². The summed E-state index contributed by atoms with van der Waals surface area (Å²) in [6, 6.07) is 6.32. The van der Waals surface area contributed by atoms with Gasteiger partial charge in [-0.3, -0.25) is 10.3 Å². The van der Waals surface area contributed by atoms with Crippen LogP contribution < -0.4 is 10.5 Å². The number of nitrogen functional groups attached to an aromatic ring is 1. The third kappa shape index (κ3) is 3.47. The average Bonchev–Trinajstić information content (AvgIpc) is 2.34. The van der Waals surface area contributed by atoms with Crippen LogP contribution in [-0.2, 0) is 6.54 Å². The summed E-state index contributed by atoms with van der Waals surface area (Å²) in [5.74, 6) is 0.703. The van der Waals surface area contributed by atoms with Crippen LogP contribution in [0.4, 0.5) is 0 Å². The zero-order valence-corrected chi connectivity index (χ0v) is 11.7. The molecule has 0 amide bonds. The summed E-state index contributed by atoms with van der Waals surface area (Å²) in [6.07, 6.45) is 0. The van der Waals surface area contributed by atoms with Crippen LogP contribution in [0.15, 0.2) is 18.2 Å². The molecule has 0 spiro atoms. The summed E-state index contributed by atoms with van der Waals surface area (Å²) in [7, 11) is 1.60. The van der Waals surface area contributed by atoms with Crippen LogP contribution in [0.5, 0.6) is 5.75 Å². The fourth-order valence-corrected chi connectivity index (χ4v) is 1.95. The molecule has 0 fully saturated rings. The van der Waals surface area contributed by atoms with Gasteiger partial charge in [0.15, 0.2) is 0 Å². The summed E-state index contributed by atoms with van der Waals surface area (Å²) >= 11 is 0. The van der Waals surface area contributed by atoms with E-state index in [0.717, 1.165) is 13.1 Å². The van der Waals surface area contributed by atoms with Crippen molar-refractivity contribution in [3.05, 3.63) is 29.3 Å². The Morgan fingerprint density at radius 3 is 2.56 bits per heavy atom.